The number of esters is 3. The normalized spacial score (nSPS) is 12.5. The summed E-state index contributed by atoms with van der Waals surface area (Å²) in [6.45, 7) is 6.51. The Bertz CT molecular complexity index is 1340. The maximum Gasteiger partial charge on any atom is 0.306 e. The van der Waals surface area contributed by atoms with Crippen LogP contribution in [0.25, 0.3) is 0 Å². The number of carbonyl (C=O) groups excluding carboxylic acids is 3. The number of rotatable bonds is 56. The highest BCUT2D eigenvalue weighted by molar-refractivity contribution is 5.71. The van der Waals surface area contributed by atoms with Crippen LogP contribution in [0.1, 0.15) is 310 Å². The number of allylic oxidation sites excluding steroid dienone is 12. The van der Waals surface area contributed by atoms with Gasteiger partial charge in [0, 0.05) is 19.3 Å². The minimum Gasteiger partial charge on any atom is -0.462 e. The topological polar surface area (TPSA) is 78.9 Å². The summed E-state index contributed by atoms with van der Waals surface area (Å²) >= 11 is 0. The van der Waals surface area contributed by atoms with E-state index in [1.807, 2.05) is 0 Å². The van der Waals surface area contributed by atoms with Crippen molar-refractivity contribution in [3.05, 3.63) is 72.9 Å². The van der Waals surface area contributed by atoms with Gasteiger partial charge in [-0.05, 0) is 109 Å². The van der Waals surface area contributed by atoms with Gasteiger partial charge in [0.15, 0.2) is 6.10 Å². The van der Waals surface area contributed by atoms with Gasteiger partial charge in [0.1, 0.15) is 13.2 Å². The molecule has 0 spiro atoms. The SMILES string of the molecule is CC/C=C\C/C=C\C/C=C\CCCCCCCCCC(=O)OC(COC(=O)CCCCCCC/C=C\CCCCC)COC(=O)CCCCCCCCCCCCCCC/C=C\C/C=C\CCCCCCC. The van der Waals surface area contributed by atoms with Gasteiger partial charge in [0.2, 0.25) is 0 Å². The van der Waals surface area contributed by atoms with Gasteiger partial charge in [-0.3, -0.25) is 14.4 Å². The van der Waals surface area contributed by atoms with Gasteiger partial charge in [-0.1, -0.05) is 254 Å². The van der Waals surface area contributed by atoms with Gasteiger partial charge < -0.3 is 14.2 Å². The van der Waals surface area contributed by atoms with Crippen LogP contribution in [0.4, 0.5) is 0 Å². The molecule has 0 aliphatic carbocycles. The molecule has 0 bridgehead atoms. The van der Waals surface area contributed by atoms with Crippen molar-refractivity contribution in [1.82, 2.24) is 0 Å². The van der Waals surface area contributed by atoms with E-state index < -0.39 is 6.10 Å². The maximum absolute atomic E-state index is 12.9. The zero-order valence-electron chi connectivity index (χ0n) is 47.7. The predicted octanol–water partition coefficient (Wildman–Crippen LogP) is 20.9. The van der Waals surface area contributed by atoms with E-state index in [2.05, 4.69) is 93.7 Å². The largest absolute Gasteiger partial charge is 0.462 e. The average molecular weight is 1010 g/mol. The molecule has 0 aromatic rings. The second kappa shape index (κ2) is 60.4. The van der Waals surface area contributed by atoms with E-state index in [9.17, 15) is 14.4 Å². The third-order valence-electron chi connectivity index (χ3n) is 13.4. The Kier molecular flexibility index (Phi) is 57.8. The van der Waals surface area contributed by atoms with E-state index in [-0.39, 0.29) is 31.1 Å². The summed E-state index contributed by atoms with van der Waals surface area (Å²) in [5.41, 5.74) is 0. The molecule has 6 nitrogen and oxygen atoms in total. The van der Waals surface area contributed by atoms with Gasteiger partial charge in [0.05, 0.1) is 0 Å². The van der Waals surface area contributed by atoms with E-state index in [4.69, 9.17) is 14.2 Å². The lowest BCUT2D eigenvalue weighted by Crippen LogP contribution is -2.30. The highest BCUT2D eigenvalue weighted by Gasteiger charge is 2.19. The lowest BCUT2D eigenvalue weighted by Gasteiger charge is -2.18. The number of ether oxygens (including phenoxy) is 3. The fourth-order valence-corrected chi connectivity index (χ4v) is 8.78. The summed E-state index contributed by atoms with van der Waals surface area (Å²) in [5, 5.41) is 0. The second-order valence-electron chi connectivity index (χ2n) is 20.6. The van der Waals surface area contributed by atoms with Gasteiger partial charge in [0.25, 0.3) is 0 Å². The predicted molar refractivity (Wildman–Crippen MR) is 311 cm³/mol. The molecule has 0 amide bonds. The molecule has 0 radical (unpaired) electrons. The van der Waals surface area contributed by atoms with Crippen LogP contribution >= 0.6 is 0 Å². The maximum atomic E-state index is 12.9. The quantitative estimate of drug-likeness (QED) is 0.0261. The number of carbonyl (C=O) groups is 3. The highest BCUT2D eigenvalue weighted by atomic mass is 16.6. The molecule has 0 aliphatic rings. The zero-order chi connectivity index (χ0) is 52.2. The molecular weight excluding hydrogens is 889 g/mol. The average Bonchev–Trinajstić information content (AvgIpc) is 3.38. The van der Waals surface area contributed by atoms with Crippen LogP contribution in [0.5, 0.6) is 0 Å². The molecule has 0 fully saturated rings. The lowest BCUT2D eigenvalue weighted by atomic mass is 10.0. The van der Waals surface area contributed by atoms with E-state index in [1.165, 1.54) is 173 Å². The summed E-state index contributed by atoms with van der Waals surface area (Å²) in [5.74, 6) is -0.890. The lowest BCUT2D eigenvalue weighted by molar-refractivity contribution is -0.167. The van der Waals surface area contributed by atoms with Crippen LogP contribution in [0.15, 0.2) is 72.9 Å². The molecule has 72 heavy (non-hydrogen) atoms. The van der Waals surface area contributed by atoms with Crippen LogP contribution in [-0.2, 0) is 28.6 Å². The van der Waals surface area contributed by atoms with E-state index in [1.54, 1.807) is 0 Å². The van der Waals surface area contributed by atoms with Crippen molar-refractivity contribution >= 4 is 17.9 Å². The van der Waals surface area contributed by atoms with Crippen molar-refractivity contribution in [2.45, 2.75) is 316 Å². The van der Waals surface area contributed by atoms with E-state index in [0.717, 1.165) is 96.3 Å². The molecule has 0 aromatic carbocycles. The van der Waals surface area contributed by atoms with Gasteiger partial charge in [-0.25, -0.2) is 0 Å². The van der Waals surface area contributed by atoms with Crippen LogP contribution < -0.4 is 0 Å². The summed E-state index contributed by atoms with van der Waals surface area (Å²) in [6, 6.07) is 0. The summed E-state index contributed by atoms with van der Waals surface area (Å²) < 4.78 is 16.9. The molecular formula is C66H116O6. The van der Waals surface area contributed by atoms with Crippen molar-refractivity contribution < 1.29 is 28.6 Å². The summed E-state index contributed by atoms with van der Waals surface area (Å²) in [6.07, 6.45) is 77.6. The van der Waals surface area contributed by atoms with E-state index in [0.29, 0.717) is 19.3 Å². The third-order valence-corrected chi connectivity index (χ3v) is 13.4. The number of hydrogen-bond donors (Lipinski definition) is 0. The second-order valence-corrected chi connectivity index (χ2v) is 20.6. The minimum atomic E-state index is -0.784. The summed E-state index contributed by atoms with van der Waals surface area (Å²) in [4.78, 5) is 38.2. The molecule has 1 unspecified atom stereocenters. The first-order valence-electron chi connectivity index (χ1n) is 30.9. The fraction of sp³-hybridized carbons (Fsp3) is 0.773. The van der Waals surface area contributed by atoms with Crippen molar-refractivity contribution in [2.24, 2.45) is 0 Å². The first kappa shape index (κ1) is 68.8. The van der Waals surface area contributed by atoms with Gasteiger partial charge >= 0.3 is 17.9 Å². The molecule has 0 N–H and O–H groups in total. The third kappa shape index (κ3) is 57.7. The first-order chi connectivity index (χ1) is 35.5. The zero-order valence-corrected chi connectivity index (χ0v) is 47.7. The van der Waals surface area contributed by atoms with Crippen LogP contribution in [-0.4, -0.2) is 37.2 Å². The molecule has 0 aliphatic heterocycles. The Morgan fingerprint density at radius 1 is 0.292 bits per heavy atom. The number of unbranched alkanes of at least 4 members (excludes halogenated alkanes) is 33. The Balaban J connectivity index is 4.28. The molecule has 0 saturated carbocycles. The van der Waals surface area contributed by atoms with Crippen molar-refractivity contribution in [3.63, 3.8) is 0 Å². The molecule has 416 valence electrons. The smallest absolute Gasteiger partial charge is 0.306 e. The molecule has 0 heterocycles. The van der Waals surface area contributed by atoms with Crippen molar-refractivity contribution in [3.8, 4) is 0 Å². The van der Waals surface area contributed by atoms with Crippen LogP contribution in [0.3, 0.4) is 0 Å². The summed E-state index contributed by atoms with van der Waals surface area (Å²) in [7, 11) is 0. The standard InChI is InChI=1S/C66H116O6/c1-4-7-10-13-16-19-22-25-27-29-30-31-32-33-34-35-36-38-39-41-44-47-50-53-56-59-65(68)71-62-63(61-70-64(67)58-55-52-49-46-43-24-21-18-15-12-9-6-3)72-66(69)60-57-54-51-48-45-42-40-37-28-26-23-20-17-14-11-8-5-2/h8,11,17-18,20-22,25-26,28-30,63H,4-7,9-10,12-16,19,23-24,27,31-62H2,1-3H3/b11-8-,20-17-,21-18-,25-22-,28-26-,30-29-. The Labute approximate surface area is 446 Å². The monoisotopic (exact) mass is 1000 g/mol. The van der Waals surface area contributed by atoms with Crippen LogP contribution in [0, 0.1) is 0 Å². The van der Waals surface area contributed by atoms with E-state index >= 15 is 0 Å². The molecule has 6 heteroatoms. The Hall–Kier alpha value is -3.15. The number of hydrogen-bond acceptors (Lipinski definition) is 6. The molecule has 0 aromatic heterocycles. The highest BCUT2D eigenvalue weighted by Crippen LogP contribution is 2.16. The molecule has 0 rings (SSSR count). The Morgan fingerprint density at radius 3 is 0.889 bits per heavy atom. The fourth-order valence-electron chi connectivity index (χ4n) is 8.78. The van der Waals surface area contributed by atoms with Crippen LogP contribution in [0.2, 0.25) is 0 Å². The molecule has 0 saturated heterocycles. The van der Waals surface area contributed by atoms with Gasteiger partial charge in [-0.2, -0.15) is 0 Å². The first-order valence-corrected chi connectivity index (χ1v) is 30.9. The van der Waals surface area contributed by atoms with Gasteiger partial charge in [-0.15, -0.1) is 0 Å². The Morgan fingerprint density at radius 2 is 0.542 bits per heavy atom. The van der Waals surface area contributed by atoms with Crippen molar-refractivity contribution in [1.29, 1.82) is 0 Å². The molecule has 1 atom stereocenters. The minimum absolute atomic E-state index is 0.0811. The van der Waals surface area contributed by atoms with Crippen molar-refractivity contribution in [2.75, 3.05) is 13.2 Å².